The first-order chi connectivity index (χ1) is 8.03. The van der Waals surface area contributed by atoms with Crippen LogP contribution in [0.3, 0.4) is 0 Å². The number of carbonyl (C=O) groups is 1. The van der Waals surface area contributed by atoms with Crippen LogP contribution < -0.4 is 5.32 Å². The van der Waals surface area contributed by atoms with Crippen molar-refractivity contribution in [2.45, 2.75) is 38.7 Å². The summed E-state index contributed by atoms with van der Waals surface area (Å²) in [6.45, 7) is 3.91. The number of hydrogen-bond donors (Lipinski definition) is 2. The Labute approximate surface area is 102 Å². The van der Waals surface area contributed by atoms with Gasteiger partial charge in [-0.05, 0) is 31.4 Å². The van der Waals surface area contributed by atoms with Gasteiger partial charge in [0.1, 0.15) is 0 Å². The average molecular weight is 236 g/mol. The molecule has 17 heavy (non-hydrogen) atoms. The summed E-state index contributed by atoms with van der Waals surface area (Å²) in [7, 11) is 0. The van der Waals surface area contributed by atoms with E-state index in [4.69, 9.17) is 0 Å². The van der Waals surface area contributed by atoms with Crippen LogP contribution in [0.25, 0.3) is 0 Å². The number of nitrogens with zero attached hydrogens (tertiary/aromatic N) is 1. The third-order valence-electron chi connectivity index (χ3n) is 2.79. The van der Waals surface area contributed by atoms with Crippen molar-refractivity contribution in [1.29, 1.82) is 0 Å². The molecule has 1 aromatic rings. The molecule has 94 valence electrons. The van der Waals surface area contributed by atoms with Gasteiger partial charge in [-0.25, -0.2) is 0 Å². The molecule has 0 spiro atoms. The molecule has 1 atom stereocenters. The molecule has 1 rings (SSSR count). The maximum absolute atomic E-state index is 11.5. The van der Waals surface area contributed by atoms with Gasteiger partial charge in [0, 0.05) is 25.4 Å². The molecule has 4 nitrogen and oxygen atoms in total. The first kappa shape index (κ1) is 13.6. The van der Waals surface area contributed by atoms with Crippen molar-refractivity contribution in [3.8, 4) is 0 Å². The molecule has 0 aliphatic rings. The lowest BCUT2D eigenvalue weighted by atomic mass is 10.0. The summed E-state index contributed by atoms with van der Waals surface area (Å²) >= 11 is 0. The first-order valence-electron chi connectivity index (χ1n) is 5.91. The standard InChI is InChI=1S/C13H20N2O2/c1-3-13(2,17)10-15-12(16)7-6-11-5-4-8-14-9-11/h4-5,8-9,17H,3,6-7,10H2,1-2H3,(H,15,16). The summed E-state index contributed by atoms with van der Waals surface area (Å²) in [5.74, 6) is -0.0393. The zero-order valence-corrected chi connectivity index (χ0v) is 10.4. The zero-order valence-electron chi connectivity index (χ0n) is 10.4. The summed E-state index contributed by atoms with van der Waals surface area (Å²) in [6, 6.07) is 3.80. The van der Waals surface area contributed by atoms with Crippen LogP contribution in [-0.4, -0.2) is 28.1 Å². The van der Waals surface area contributed by atoms with Crippen LogP contribution in [0.15, 0.2) is 24.5 Å². The number of pyridine rings is 1. The highest BCUT2D eigenvalue weighted by Crippen LogP contribution is 2.06. The molecule has 0 aromatic carbocycles. The van der Waals surface area contributed by atoms with Gasteiger partial charge < -0.3 is 10.4 Å². The summed E-state index contributed by atoms with van der Waals surface area (Å²) < 4.78 is 0. The summed E-state index contributed by atoms with van der Waals surface area (Å²) in [6.07, 6.45) is 5.19. The molecule has 1 aromatic heterocycles. The summed E-state index contributed by atoms with van der Waals surface area (Å²) in [5, 5.41) is 12.5. The van der Waals surface area contributed by atoms with Gasteiger partial charge in [-0.15, -0.1) is 0 Å². The van der Waals surface area contributed by atoms with Gasteiger partial charge in [-0.2, -0.15) is 0 Å². The Morgan fingerprint density at radius 3 is 2.94 bits per heavy atom. The Hall–Kier alpha value is -1.42. The molecular weight excluding hydrogens is 216 g/mol. The van der Waals surface area contributed by atoms with Crippen LogP contribution in [-0.2, 0) is 11.2 Å². The largest absolute Gasteiger partial charge is 0.388 e. The van der Waals surface area contributed by atoms with Gasteiger partial charge in [0.05, 0.1) is 5.60 Å². The van der Waals surface area contributed by atoms with E-state index in [-0.39, 0.29) is 5.91 Å². The van der Waals surface area contributed by atoms with Gasteiger partial charge >= 0.3 is 0 Å². The third-order valence-corrected chi connectivity index (χ3v) is 2.79. The Bertz CT molecular complexity index is 350. The number of aromatic nitrogens is 1. The summed E-state index contributed by atoms with van der Waals surface area (Å²) in [4.78, 5) is 15.5. The van der Waals surface area contributed by atoms with Crippen LogP contribution in [0.2, 0.25) is 0 Å². The number of rotatable bonds is 6. The van der Waals surface area contributed by atoms with Crippen LogP contribution in [0.5, 0.6) is 0 Å². The lowest BCUT2D eigenvalue weighted by Gasteiger charge is -2.21. The molecule has 2 N–H and O–H groups in total. The second-order valence-electron chi connectivity index (χ2n) is 4.49. The molecule has 0 fully saturated rings. The van der Waals surface area contributed by atoms with Crippen molar-refractivity contribution >= 4 is 5.91 Å². The third kappa shape index (κ3) is 5.45. The van der Waals surface area contributed by atoms with Gasteiger partial charge in [0.2, 0.25) is 5.91 Å². The highest BCUT2D eigenvalue weighted by molar-refractivity contribution is 5.76. The van der Waals surface area contributed by atoms with E-state index in [2.05, 4.69) is 10.3 Å². The van der Waals surface area contributed by atoms with Gasteiger partial charge in [0.15, 0.2) is 0 Å². The molecule has 1 amide bonds. The van der Waals surface area contributed by atoms with Crippen molar-refractivity contribution in [2.75, 3.05) is 6.54 Å². The van der Waals surface area contributed by atoms with Gasteiger partial charge in [0.25, 0.3) is 0 Å². The highest BCUT2D eigenvalue weighted by atomic mass is 16.3. The predicted octanol–water partition coefficient (Wildman–Crippen LogP) is 1.29. The molecule has 0 saturated carbocycles. The molecule has 1 heterocycles. The Morgan fingerprint density at radius 1 is 1.59 bits per heavy atom. The van der Waals surface area contributed by atoms with Crippen molar-refractivity contribution < 1.29 is 9.90 Å². The number of hydrogen-bond acceptors (Lipinski definition) is 3. The van der Waals surface area contributed by atoms with Crippen LogP contribution in [0.1, 0.15) is 32.3 Å². The minimum Gasteiger partial charge on any atom is -0.388 e. The van der Waals surface area contributed by atoms with E-state index in [9.17, 15) is 9.90 Å². The van der Waals surface area contributed by atoms with E-state index in [1.54, 1.807) is 19.3 Å². The van der Waals surface area contributed by atoms with Crippen molar-refractivity contribution in [3.05, 3.63) is 30.1 Å². The first-order valence-corrected chi connectivity index (χ1v) is 5.91. The maximum Gasteiger partial charge on any atom is 0.220 e. The fraction of sp³-hybridized carbons (Fsp3) is 0.538. The second kappa shape index (κ2) is 6.35. The molecule has 1 unspecified atom stereocenters. The zero-order chi connectivity index (χ0) is 12.7. The fourth-order valence-corrected chi connectivity index (χ4v) is 1.31. The number of carbonyl (C=O) groups excluding carboxylic acids is 1. The highest BCUT2D eigenvalue weighted by Gasteiger charge is 2.17. The van der Waals surface area contributed by atoms with Crippen LogP contribution in [0, 0.1) is 0 Å². The Morgan fingerprint density at radius 2 is 2.35 bits per heavy atom. The van der Waals surface area contributed by atoms with E-state index in [1.165, 1.54) is 0 Å². The van der Waals surface area contributed by atoms with Crippen molar-refractivity contribution in [3.63, 3.8) is 0 Å². The van der Waals surface area contributed by atoms with Gasteiger partial charge in [-0.1, -0.05) is 13.0 Å². The monoisotopic (exact) mass is 236 g/mol. The number of nitrogens with one attached hydrogen (secondary N) is 1. The Kier molecular flexibility index (Phi) is 5.10. The topological polar surface area (TPSA) is 62.2 Å². The lowest BCUT2D eigenvalue weighted by molar-refractivity contribution is -0.122. The fourth-order valence-electron chi connectivity index (χ4n) is 1.31. The van der Waals surface area contributed by atoms with E-state index >= 15 is 0 Å². The number of aryl methyl sites for hydroxylation is 1. The quantitative estimate of drug-likeness (QED) is 0.782. The SMILES string of the molecule is CCC(C)(O)CNC(=O)CCc1cccnc1. The molecule has 0 aliphatic heterocycles. The van der Waals surface area contributed by atoms with E-state index in [0.717, 1.165) is 5.56 Å². The predicted molar refractivity (Wildman–Crippen MR) is 66.5 cm³/mol. The normalized spacial score (nSPS) is 14.1. The molecule has 0 saturated heterocycles. The smallest absolute Gasteiger partial charge is 0.220 e. The van der Waals surface area contributed by atoms with Crippen LogP contribution >= 0.6 is 0 Å². The van der Waals surface area contributed by atoms with Crippen molar-refractivity contribution in [1.82, 2.24) is 10.3 Å². The number of amides is 1. The molecular formula is C13H20N2O2. The lowest BCUT2D eigenvalue weighted by Crippen LogP contribution is -2.40. The minimum absolute atomic E-state index is 0.0393. The molecule has 0 radical (unpaired) electrons. The maximum atomic E-state index is 11.5. The van der Waals surface area contributed by atoms with E-state index < -0.39 is 5.60 Å². The molecule has 0 aliphatic carbocycles. The number of aliphatic hydroxyl groups is 1. The second-order valence-corrected chi connectivity index (χ2v) is 4.49. The molecule has 0 bridgehead atoms. The minimum atomic E-state index is -0.816. The Balaban J connectivity index is 2.27. The van der Waals surface area contributed by atoms with Crippen molar-refractivity contribution in [2.24, 2.45) is 0 Å². The average Bonchev–Trinajstić information content (AvgIpc) is 2.35. The van der Waals surface area contributed by atoms with E-state index in [1.807, 2.05) is 19.1 Å². The van der Waals surface area contributed by atoms with E-state index in [0.29, 0.717) is 25.8 Å². The summed E-state index contributed by atoms with van der Waals surface area (Å²) in [5.41, 5.74) is 0.231. The van der Waals surface area contributed by atoms with Gasteiger partial charge in [-0.3, -0.25) is 9.78 Å². The molecule has 4 heteroatoms. The van der Waals surface area contributed by atoms with Crippen LogP contribution in [0.4, 0.5) is 0 Å².